The van der Waals surface area contributed by atoms with Crippen molar-refractivity contribution >= 4 is 21.6 Å². The number of rotatable bonds is 6. The predicted molar refractivity (Wildman–Crippen MR) is 131 cm³/mol. The van der Waals surface area contributed by atoms with Crippen molar-refractivity contribution < 1.29 is 22.1 Å². The lowest BCUT2D eigenvalue weighted by Crippen LogP contribution is -2.42. The molecule has 1 fully saturated rings. The number of halogens is 1. The minimum Gasteiger partial charge on any atom is -0.338 e. The Bertz CT molecular complexity index is 1370. The average molecular weight is 514 g/mol. The summed E-state index contributed by atoms with van der Waals surface area (Å²) < 4.78 is 44.6. The van der Waals surface area contributed by atoms with E-state index in [1.54, 1.807) is 35.2 Å². The van der Waals surface area contributed by atoms with Crippen LogP contribution in [0.25, 0.3) is 11.4 Å². The molecule has 0 atom stereocenters. The van der Waals surface area contributed by atoms with Crippen molar-refractivity contribution in [2.24, 2.45) is 5.92 Å². The highest BCUT2D eigenvalue weighted by molar-refractivity contribution is 7.89. The molecule has 0 bridgehead atoms. The quantitative estimate of drug-likeness (QED) is 0.500. The molecule has 9 nitrogen and oxygen atoms in total. The number of anilines is 1. The zero-order valence-electron chi connectivity index (χ0n) is 20.2. The first-order valence-corrected chi connectivity index (χ1v) is 13.3. The highest BCUT2D eigenvalue weighted by atomic mass is 32.2. The highest BCUT2D eigenvalue weighted by Crippen LogP contribution is 2.33. The number of hydrogen-bond donors (Lipinski definition) is 0. The van der Waals surface area contributed by atoms with E-state index in [9.17, 15) is 17.6 Å². The molecule has 5 rings (SSSR count). The molecule has 0 radical (unpaired) electrons. The molecule has 0 unspecified atom stereocenters. The van der Waals surface area contributed by atoms with Gasteiger partial charge in [-0.1, -0.05) is 5.16 Å². The van der Waals surface area contributed by atoms with Gasteiger partial charge in [-0.2, -0.15) is 4.98 Å². The predicted octanol–water partition coefficient (Wildman–Crippen LogP) is 2.93. The summed E-state index contributed by atoms with van der Waals surface area (Å²) >= 11 is 0. The summed E-state index contributed by atoms with van der Waals surface area (Å²) in [6.45, 7) is 2.51. The fraction of sp³-hybridized carbons (Fsp3) is 0.400. The third-order valence-electron chi connectivity index (χ3n) is 6.86. The van der Waals surface area contributed by atoms with Crippen LogP contribution >= 0.6 is 0 Å². The fourth-order valence-electron chi connectivity index (χ4n) is 4.76. The van der Waals surface area contributed by atoms with Gasteiger partial charge in [0.2, 0.25) is 27.6 Å². The number of carbonyl (C=O) groups excluding carboxylic acids is 1. The van der Waals surface area contributed by atoms with Crippen molar-refractivity contribution in [1.82, 2.24) is 19.3 Å². The Morgan fingerprint density at radius 3 is 2.53 bits per heavy atom. The minimum absolute atomic E-state index is 0.0881. The topological polar surface area (TPSA) is 99.9 Å². The van der Waals surface area contributed by atoms with Crippen LogP contribution < -0.4 is 4.90 Å². The smallest absolute Gasteiger partial charge is 0.242 e. The molecule has 190 valence electrons. The Labute approximate surface area is 209 Å². The van der Waals surface area contributed by atoms with Crippen molar-refractivity contribution in [3.8, 4) is 11.4 Å². The summed E-state index contributed by atoms with van der Waals surface area (Å²) in [5.41, 5.74) is 2.38. The van der Waals surface area contributed by atoms with Gasteiger partial charge >= 0.3 is 0 Å². The van der Waals surface area contributed by atoms with Crippen LogP contribution in [0.15, 0.2) is 51.9 Å². The van der Waals surface area contributed by atoms with Crippen LogP contribution in [-0.2, 0) is 27.8 Å². The van der Waals surface area contributed by atoms with Crippen LogP contribution in [0.5, 0.6) is 0 Å². The Morgan fingerprint density at radius 2 is 1.83 bits per heavy atom. The van der Waals surface area contributed by atoms with Gasteiger partial charge in [0.05, 0.1) is 11.4 Å². The van der Waals surface area contributed by atoms with Gasteiger partial charge in [0.25, 0.3) is 0 Å². The zero-order chi connectivity index (χ0) is 25.4. The second-order valence-electron chi connectivity index (χ2n) is 9.39. The van der Waals surface area contributed by atoms with Crippen LogP contribution in [0, 0.1) is 11.7 Å². The van der Waals surface area contributed by atoms with Crippen molar-refractivity contribution in [3.05, 3.63) is 59.7 Å². The fourth-order valence-corrected chi connectivity index (χ4v) is 5.72. The summed E-state index contributed by atoms with van der Waals surface area (Å²) in [5, 5.41) is 3.99. The molecule has 0 aliphatic carbocycles. The maximum Gasteiger partial charge on any atom is 0.242 e. The van der Waals surface area contributed by atoms with E-state index < -0.39 is 10.0 Å². The maximum absolute atomic E-state index is 13.3. The molecule has 2 aliphatic rings. The van der Waals surface area contributed by atoms with Gasteiger partial charge < -0.3 is 9.42 Å². The lowest BCUT2D eigenvalue weighted by atomic mass is 9.95. The van der Waals surface area contributed by atoms with Gasteiger partial charge in [-0.25, -0.2) is 17.1 Å². The lowest BCUT2D eigenvalue weighted by molar-refractivity contribution is -0.123. The number of carbonyl (C=O) groups is 1. The number of nitrogens with zero attached hydrogens (tertiary/aromatic N) is 5. The first-order chi connectivity index (χ1) is 17.2. The standard InChI is InChI=1S/C25H28FN5O4S/c1-29(2)36(33,34)21-7-8-22-19(15-21)11-14-31(22)25(32)18-9-12-30(13-10-18)16-23-27-24(28-35-23)17-3-5-20(26)6-4-17/h3-8,15,18H,9-14,16H2,1-2H3. The molecule has 3 aromatic rings. The van der Waals surface area contributed by atoms with Crippen molar-refractivity contribution in [2.45, 2.75) is 30.7 Å². The third kappa shape index (κ3) is 4.78. The summed E-state index contributed by atoms with van der Waals surface area (Å²) in [6.07, 6.45) is 2.08. The summed E-state index contributed by atoms with van der Waals surface area (Å²) in [4.78, 5) is 22.0. The first-order valence-electron chi connectivity index (χ1n) is 11.9. The molecular weight excluding hydrogens is 485 g/mol. The summed E-state index contributed by atoms with van der Waals surface area (Å²) in [5.74, 6) is 0.586. The van der Waals surface area contributed by atoms with E-state index >= 15 is 0 Å². The van der Waals surface area contributed by atoms with Gasteiger partial charge in [-0.3, -0.25) is 9.69 Å². The SMILES string of the molecule is CN(C)S(=O)(=O)c1ccc2c(c1)CCN2C(=O)C1CCN(Cc2nc(-c3ccc(F)cc3)no2)CC1. The molecule has 3 heterocycles. The molecule has 0 N–H and O–H groups in total. The van der Waals surface area contributed by atoms with Gasteiger partial charge in [0.15, 0.2) is 0 Å². The van der Waals surface area contributed by atoms with E-state index in [-0.39, 0.29) is 22.5 Å². The number of sulfonamides is 1. The van der Waals surface area contributed by atoms with Gasteiger partial charge in [-0.05, 0) is 80.4 Å². The number of benzene rings is 2. The van der Waals surface area contributed by atoms with E-state index in [4.69, 9.17) is 4.52 Å². The molecule has 0 spiro atoms. The van der Waals surface area contributed by atoms with E-state index in [1.807, 2.05) is 0 Å². The number of hydrogen-bond acceptors (Lipinski definition) is 7. The maximum atomic E-state index is 13.3. The summed E-state index contributed by atoms with van der Waals surface area (Å²) in [7, 11) is -0.497. The minimum atomic E-state index is -3.51. The van der Waals surface area contributed by atoms with Crippen LogP contribution in [0.3, 0.4) is 0 Å². The third-order valence-corrected chi connectivity index (χ3v) is 8.67. The highest BCUT2D eigenvalue weighted by Gasteiger charge is 2.33. The molecule has 1 aromatic heterocycles. The molecule has 0 saturated carbocycles. The van der Waals surface area contributed by atoms with E-state index in [2.05, 4.69) is 15.0 Å². The van der Waals surface area contributed by atoms with Crippen molar-refractivity contribution in [1.29, 1.82) is 0 Å². The average Bonchev–Trinajstić information content (AvgIpc) is 3.51. The van der Waals surface area contributed by atoms with E-state index in [0.717, 1.165) is 37.2 Å². The van der Waals surface area contributed by atoms with Gasteiger partial charge in [-0.15, -0.1) is 0 Å². The Morgan fingerprint density at radius 1 is 1.11 bits per heavy atom. The normalized spacial score (nSPS) is 17.1. The molecular formula is C25H28FN5O4S. The molecule has 11 heteroatoms. The van der Waals surface area contributed by atoms with E-state index in [1.165, 1.54) is 30.5 Å². The van der Waals surface area contributed by atoms with Crippen molar-refractivity contribution in [2.75, 3.05) is 38.6 Å². The molecule has 2 aromatic carbocycles. The second-order valence-corrected chi connectivity index (χ2v) is 11.5. The van der Waals surface area contributed by atoms with Crippen LogP contribution in [0.1, 0.15) is 24.3 Å². The van der Waals surface area contributed by atoms with Crippen LogP contribution in [-0.4, -0.2) is 67.4 Å². The largest absolute Gasteiger partial charge is 0.338 e. The van der Waals surface area contributed by atoms with E-state index in [0.29, 0.717) is 36.8 Å². The number of aromatic nitrogens is 2. The van der Waals surface area contributed by atoms with Crippen LogP contribution in [0.2, 0.25) is 0 Å². The second kappa shape index (κ2) is 9.72. The number of amides is 1. The number of likely N-dealkylation sites (tertiary alicyclic amines) is 1. The van der Waals surface area contributed by atoms with Crippen molar-refractivity contribution in [3.63, 3.8) is 0 Å². The summed E-state index contributed by atoms with van der Waals surface area (Å²) in [6, 6.07) is 10.9. The first kappa shape index (κ1) is 24.5. The van der Waals surface area contributed by atoms with Crippen LogP contribution in [0.4, 0.5) is 10.1 Å². The van der Waals surface area contributed by atoms with Gasteiger partial charge in [0.1, 0.15) is 5.82 Å². The van der Waals surface area contributed by atoms with Gasteiger partial charge in [0, 0.05) is 37.8 Å². The zero-order valence-corrected chi connectivity index (χ0v) is 21.0. The number of fused-ring (bicyclic) bond motifs is 1. The molecule has 2 aliphatic heterocycles. The Hall–Kier alpha value is -3.15. The molecule has 1 saturated heterocycles. The molecule has 1 amide bonds. The Kier molecular flexibility index (Phi) is 6.62. The Balaban J connectivity index is 1.18. The lowest BCUT2D eigenvalue weighted by Gasteiger charge is -2.32. The molecule has 36 heavy (non-hydrogen) atoms. The monoisotopic (exact) mass is 513 g/mol. The number of piperidine rings is 1.